The molecule has 0 amide bonds. The lowest BCUT2D eigenvalue weighted by atomic mass is 9.57. The minimum atomic E-state index is -3.75. The third-order valence-electron chi connectivity index (χ3n) is 8.07. The van der Waals surface area contributed by atoms with E-state index >= 15 is 0 Å². The Morgan fingerprint density at radius 3 is 2.63 bits per heavy atom. The van der Waals surface area contributed by atoms with Crippen molar-refractivity contribution < 1.29 is 17.6 Å². The van der Waals surface area contributed by atoms with Gasteiger partial charge in [-0.25, -0.2) is 17.5 Å². The Balaban J connectivity index is 1.43. The van der Waals surface area contributed by atoms with Crippen LogP contribution in [0.4, 0.5) is 4.39 Å². The maximum absolute atomic E-state index is 14.3. The van der Waals surface area contributed by atoms with Gasteiger partial charge in [-0.15, -0.1) is 5.10 Å². The van der Waals surface area contributed by atoms with E-state index in [1.54, 1.807) is 42.3 Å². The molecule has 0 spiro atoms. The van der Waals surface area contributed by atoms with Gasteiger partial charge in [0, 0.05) is 31.3 Å². The van der Waals surface area contributed by atoms with Crippen molar-refractivity contribution in [2.24, 2.45) is 18.4 Å². The molecule has 0 aliphatic heterocycles. The number of Topliss-reactive ketones (excluding diaryl/α,β-unsaturated/α-hetero) is 1. The molecule has 9 nitrogen and oxygen atoms in total. The van der Waals surface area contributed by atoms with Crippen LogP contribution in [0, 0.1) is 24.1 Å². The Morgan fingerprint density at radius 1 is 1.13 bits per heavy atom. The van der Waals surface area contributed by atoms with E-state index in [0.29, 0.717) is 36.3 Å². The highest BCUT2D eigenvalue weighted by molar-refractivity contribution is 7.92. The van der Waals surface area contributed by atoms with Crippen molar-refractivity contribution in [3.05, 3.63) is 83.3 Å². The lowest BCUT2D eigenvalue weighted by molar-refractivity contribution is 0.0483. The second-order valence-corrected chi connectivity index (χ2v) is 12.6. The maximum Gasteiger partial charge on any atom is 0.200 e. The first-order valence-corrected chi connectivity index (χ1v) is 14.1. The van der Waals surface area contributed by atoms with Crippen molar-refractivity contribution in [3.63, 3.8) is 0 Å². The number of pyridine rings is 1. The van der Waals surface area contributed by atoms with Crippen LogP contribution in [0.2, 0.25) is 0 Å². The summed E-state index contributed by atoms with van der Waals surface area (Å²) in [5.41, 5.74) is 2.45. The van der Waals surface area contributed by atoms with E-state index in [1.807, 2.05) is 13.0 Å². The number of carbonyl (C=O) groups excluding carboxylic acids is 1. The second kappa shape index (κ2) is 8.93. The van der Waals surface area contributed by atoms with Gasteiger partial charge in [-0.1, -0.05) is 5.21 Å². The monoisotopic (exact) mass is 534 g/mol. The first-order valence-electron chi connectivity index (χ1n) is 12.6. The van der Waals surface area contributed by atoms with Gasteiger partial charge in [0.2, 0.25) is 0 Å². The molecule has 1 saturated carbocycles. The van der Waals surface area contributed by atoms with Crippen LogP contribution in [0.15, 0.2) is 59.9 Å². The highest BCUT2D eigenvalue weighted by atomic mass is 32.2. The molecule has 0 bridgehead atoms. The fraction of sp³-hybridized carbons (Fsp3) is 0.370. The lowest BCUT2D eigenvalue weighted by Gasteiger charge is -2.47. The molecule has 3 heterocycles. The molecule has 196 valence electrons. The summed E-state index contributed by atoms with van der Waals surface area (Å²) in [4.78, 5) is 18.6. The van der Waals surface area contributed by atoms with E-state index in [4.69, 9.17) is 0 Å². The summed E-state index contributed by atoms with van der Waals surface area (Å²) in [6.07, 6.45) is 5.11. The molecule has 3 atom stereocenters. The highest BCUT2D eigenvalue weighted by Crippen LogP contribution is 2.52. The summed E-state index contributed by atoms with van der Waals surface area (Å²) in [5.74, 6) is -0.628. The minimum absolute atomic E-state index is 0.0264. The van der Waals surface area contributed by atoms with Gasteiger partial charge in [0.25, 0.3) is 0 Å². The average molecular weight is 535 g/mol. The van der Waals surface area contributed by atoms with E-state index in [9.17, 15) is 17.6 Å². The van der Waals surface area contributed by atoms with Crippen molar-refractivity contribution in [1.82, 2.24) is 29.8 Å². The van der Waals surface area contributed by atoms with E-state index in [-0.39, 0.29) is 35.4 Å². The third kappa shape index (κ3) is 3.96. The number of rotatable bonds is 5. The molecular weight excluding hydrogens is 507 g/mol. The number of fused-ring (bicyclic) bond motifs is 2. The van der Waals surface area contributed by atoms with Gasteiger partial charge in [0.1, 0.15) is 11.5 Å². The predicted molar refractivity (Wildman–Crippen MR) is 136 cm³/mol. The summed E-state index contributed by atoms with van der Waals surface area (Å²) in [7, 11) is -2.08. The molecule has 6 rings (SSSR count). The summed E-state index contributed by atoms with van der Waals surface area (Å²) in [5, 5.41) is 12.2. The first-order chi connectivity index (χ1) is 18.2. The molecule has 2 aliphatic carbocycles. The standard InChI is InChI=1S/C27H27FN6O3S/c1-17-9-11-29-22(13-17)26(35)27-15-21(38(36,37)25-10-12-33(2)31-25)8-3-18(27)14-24-23(16-27)30-32-34(24)20-6-4-19(28)5-7-20/h4-7,9-13,18,21H,3,8,14-16H2,1-2H3/t18?,21-,27+/m0/s1. The molecule has 1 aromatic carbocycles. The number of ketones is 1. The van der Waals surface area contributed by atoms with Gasteiger partial charge in [0.15, 0.2) is 20.6 Å². The molecule has 0 N–H and O–H groups in total. The van der Waals surface area contributed by atoms with E-state index < -0.39 is 20.5 Å². The molecule has 2 aliphatic rings. The van der Waals surface area contributed by atoms with Crippen LogP contribution in [0.1, 0.15) is 46.7 Å². The van der Waals surface area contributed by atoms with Crippen LogP contribution in [0.25, 0.3) is 5.69 Å². The maximum atomic E-state index is 14.3. The van der Waals surface area contributed by atoms with Crippen LogP contribution >= 0.6 is 0 Å². The Kier molecular flexibility index (Phi) is 5.78. The Morgan fingerprint density at radius 2 is 1.92 bits per heavy atom. The summed E-state index contributed by atoms with van der Waals surface area (Å²) < 4.78 is 44.0. The van der Waals surface area contributed by atoms with E-state index in [2.05, 4.69) is 20.4 Å². The number of carbonyl (C=O) groups is 1. The largest absolute Gasteiger partial charge is 0.292 e. The number of aryl methyl sites for hydroxylation is 2. The van der Waals surface area contributed by atoms with Crippen molar-refractivity contribution in [1.29, 1.82) is 0 Å². The normalized spacial score (nSPS) is 23.0. The Labute approximate surface area is 219 Å². The second-order valence-electron chi connectivity index (χ2n) is 10.4. The van der Waals surface area contributed by atoms with Crippen LogP contribution in [0.3, 0.4) is 0 Å². The minimum Gasteiger partial charge on any atom is -0.292 e. The number of aromatic nitrogens is 6. The van der Waals surface area contributed by atoms with Gasteiger partial charge in [0.05, 0.1) is 22.3 Å². The van der Waals surface area contributed by atoms with Gasteiger partial charge in [-0.3, -0.25) is 14.5 Å². The zero-order valence-corrected chi connectivity index (χ0v) is 21.9. The van der Waals surface area contributed by atoms with Crippen molar-refractivity contribution in [2.75, 3.05) is 0 Å². The number of benzene rings is 1. The SMILES string of the molecule is Cc1ccnc(C(=O)[C@]23Cc4nnn(-c5ccc(F)cc5)c4CC2CC[C@H](S(=O)(=O)c2ccn(C)n2)C3)c1. The molecule has 38 heavy (non-hydrogen) atoms. The number of hydrogen-bond donors (Lipinski definition) is 0. The smallest absolute Gasteiger partial charge is 0.200 e. The van der Waals surface area contributed by atoms with Crippen molar-refractivity contribution >= 4 is 15.6 Å². The number of sulfone groups is 1. The summed E-state index contributed by atoms with van der Waals surface area (Å²) >= 11 is 0. The fourth-order valence-corrected chi connectivity index (χ4v) is 7.90. The van der Waals surface area contributed by atoms with E-state index in [1.165, 1.54) is 22.9 Å². The van der Waals surface area contributed by atoms with Gasteiger partial charge in [-0.05, 0) is 86.6 Å². The number of halogens is 1. The molecule has 0 saturated heterocycles. The summed E-state index contributed by atoms with van der Waals surface area (Å²) in [6, 6.07) is 11.1. The lowest BCUT2D eigenvalue weighted by Crippen LogP contribution is -2.51. The molecule has 11 heteroatoms. The fourth-order valence-electron chi connectivity index (χ4n) is 6.10. The highest BCUT2D eigenvalue weighted by Gasteiger charge is 2.55. The van der Waals surface area contributed by atoms with Gasteiger partial charge in [-0.2, -0.15) is 5.10 Å². The quantitative estimate of drug-likeness (QED) is 0.361. The van der Waals surface area contributed by atoms with Crippen LogP contribution in [-0.4, -0.2) is 49.2 Å². The van der Waals surface area contributed by atoms with Crippen molar-refractivity contribution in [3.8, 4) is 5.69 Å². The Bertz CT molecular complexity index is 1650. The molecule has 4 aromatic rings. The van der Waals surface area contributed by atoms with Crippen LogP contribution in [-0.2, 0) is 29.7 Å². The van der Waals surface area contributed by atoms with Crippen LogP contribution in [0.5, 0.6) is 0 Å². The number of hydrogen-bond acceptors (Lipinski definition) is 7. The molecule has 0 radical (unpaired) electrons. The molecular formula is C27H27FN6O3S. The third-order valence-corrected chi connectivity index (χ3v) is 10.1. The Hall–Kier alpha value is -3.73. The zero-order chi connectivity index (χ0) is 26.7. The zero-order valence-electron chi connectivity index (χ0n) is 21.1. The van der Waals surface area contributed by atoms with Gasteiger partial charge < -0.3 is 0 Å². The van der Waals surface area contributed by atoms with Crippen molar-refractivity contribution in [2.45, 2.75) is 49.3 Å². The topological polar surface area (TPSA) is 113 Å². The summed E-state index contributed by atoms with van der Waals surface area (Å²) in [6.45, 7) is 1.90. The average Bonchev–Trinajstić information content (AvgIpc) is 3.53. The molecule has 1 unspecified atom stereocenters. The van der Waals surface area contributed by atoms with Crippen LogP contribution < -0.4 is 0 Å². The van der Waals surface area contributed by atoms with E-state index in [0.717, 1.165) is 11.3 Å². The molecule has 1 fully saturated rings. The predicted octanol–water partition coefficient (Wildman–Crippen LogP) is 3.45. The number of nitrogens with zero attached hydrogens (tertiary/aromatic N) is 6. The van der Waals surface area contributed by atoms with Gasteiger partial charge >= 0.3 is 0 Å². The molecule has 3 aromatic heterocycles. The first kappa shape index (κ1) is 24.6.